The Morgan fingerprint density at radius 3 is 2.68 bits per heavy atom. The summed E-state index contributed by atoms with van der Waals surface area (Å²) in [6.45, 7) is 1.84. The Balaban J connectivity index is 1.26. The maximum absolute atomic E-state index is 13.0. The number of hydrogen-bond donors (Lipinski definition) is 1. The number of likely N-dealkylation sites (tertiary alicyclic amines) is 1. The molecule has 9 nitrogen and oxygen atoms in total. The fraction of sp³-hybridized carbons (Fsp3) is 0.360. The largest absolute Gasteiger partial charge is 0.497 e. The molecule has 34 heavy (non-hydrogen) atoms. The first-order valence-corrected chi connectivity index (χ1v) is 11.4. The van der Waals surface area contributed by atoms with Crippen molar-refractivity contribution in [2.24, 2.45) is 0 Å². The highest BCUT2D eigenvalue weighted by Gasteiger charge is 2.47. The predicted molar refractivity (Wildman–Crippen MR) is 123 cm³/mol. The van der Waals surface area contributed by atoms with E-state index in [1.165, 1.54) is 0 Å². The van der Waals surface area contributed by atoms with Crippen LogP contribution in [-0.2, 0) is 28.2 Å². The van der Waals surface area contributed by atoms with Gasteiger partial charge in [0, 0.05) is 57.3 Å². The molecule has 9 heteroatoms. The summed E-state index contributed by atoms with van der Waals surface area (Å²) in [6, 6.07) is 11.1. The van der Waals surface area contributed by atoms with Gasteiger partial charge in [-0.2, -0.15) is 0 Å². The van der Waals surface area contributed by atoms with E-state index in [-0.39, 0.29) is 11.8 Å². The van der Waals surface area contributed by atoms with E-state index in [0.29, 0.717) is 44.6 Å². The van der Waals surface area contributed by atoms with Gasteiger partial charge in [0.1, 0.15) is 17.2 Å². The molecule has 0 radical (unpaired) electrons. The summed E-state index contributed by atoms with van der Waals surface area (Å²) in [7, 11) is 1.62. The van der Waals surface area contributed by atoms with Gasteiger partial charge in [-0.05, 0) is 29.8 Å². The quantitative estimate of drug-likeness (QED) is 0.625. The molecule has 2 aliphatic heterocycles. The second kappa shape index (κ2) is 9.26. The van der Waals surface area contributed by atoms with Gasteiger partial charge < -0.3 is 24.3 Å². The Hall–Kier alpha value is -3.72. The van der Waals surface area contributed by atoms with E-state index in [1.54, 1.807) is 37.8 Å². The molecule has 1 aromatic carbocycles. The minimum atomic E-state index is -0.699. The minimum absolute atomic E-state index is 0.0455. The fourth-order valence-corrected chi connectivity index (χ4v) is 4.66. The van der Waals surface area contributed by atoms with Gasteiger partial charge in [0.05, 0.1) is 19.2 Å². The number of ether oxygens (including phenoxy) is 2. The molecule has 1 fully saturated rings. The van der Waals surface area contributed by atoms with Crippen molar-refractivity contribution in [1.29, 1.82) is 0 Å². The molecule has 5 rings (SSSR count). The average molecular weight is 462 g/mol. The number of methoxy groups -OCH3 is 1. The number of piperidine rings is 1. The van der Waals surface area contributed by atoms with Crippen LogP contribution in [0.15, 0.2) is 61.2 Å². The van der Waals surface area contributed by atoms with Gasteiger partial charge in [-0.15, -0.1) is 0 Å². The van der Waals surface area contributed by atoms with Crippen molar-refractivity contribution < 1.29 is 19.1 Å². The van der Waals surface area contributed by atoms with Crippen molar-refractivity contribution in [2.45, 2.75) is 37.6 Å². The van der Waals surface area contributed by atoms with E-state index in [1.807, 2.05) is 39.9 Å². The Morgan fingerprint density at radius 2 is 1.97 bits per heavy atom. The second-order valence-electron chi connectivity index (χ2n) is 8.60. The molecule has 1 atom stereocenters. The number of carbonyl (C=O) groups excluding carboxylic acids is 2. The maximum atomic E-state index is 13.0. The number of nitrogens with zero attached hydrogens (tertiary/aromatic N) is 4. The Bertz CT molecular complexity index is 1150. The minimum Gasteiger partial charge on any atom is -0.497 e. The third-order valence-electron chi connectivity index (χ3n) is 6.54. The van der Waals surface area contributed by atoms with Crippen molar-refractivity contribution in [2.75, 3.05) is 20.2 Å². The summed E-state index contributed by atoms with van der Waals surface area (Å²) in [5.41, 5.74) is 0.848. The van der Waals surface area contributed by atoms with Crippen LogP contribution in [0.5, 0.6) is 5.75 Å². The SMILES string of the molecule is COc1ccc(CNC(=O)[C@H]2Cn3ccnc3C3(CCN(C(=O)c4cccnc4)CC3)O2)cc1. The zero-order valence-electron chi connectivity index (χ0n) is 19.0. The topological polar surface area (TPSA) is 98.6 Å². The van der Waals surface area contributed by atoms with Crippen LogP contribution >= 0.6 is 0 Å². The molecule has 0 aliphatic carbocycles. The molecule has 1 saturated heterocycles. The number of hydrogen-bond acceptors (Lipinski definition) is 6. The molecule has 2 aromatic heterocycles. The zero-order valence-corrected chi connectivity index (χ0v) is 19.0. The van der Waals surface area contributed by atoms with E-state index < -0.39 is 11.7 Å². The molecule has 4 heterocycles. The predicted octanol–water partition coefficient (Wildman–Crippen LogP) is 2.13. The summed E-state index contributed by atoms with van der Waals surface area (Å²) in [6.07, 6.45) is 7.36. The molecule has 3 aromatic rings. The summed E-state index contributed by atoms with van der Waals surface area (Å²) < 4.78 is 13.6. The van der Waals surface area contributed by atoms with Crippen molar-refractivity contribution in [3.8, 4) is 5.75 Å². The van der Waals surface area contributed by atoms with Gasteiger partial charge in [0.15, 0.2) is 6.10 Å². The molecule has 1 N–H and O–H groups in total. The number of pyridine rings is 1. The van der Waals surface area contributed by atoms with Crippen LogP contribution in [0.25, 0.3) is 0 Å². The van der Waals surface area contributed by atoms with Crippen LogP contribution in [0.3, 0.4) is 0 Å². The van der Waals surface area contributed by atoms with Gasteiger partial charge in [-0.25, -0.2) is 4.98 Å². The molecular formula is C25H27N5O4. The first-order valence-electron chi connectivity index (χ1n) is 11.4. The van der Waals surface area contributed by atoms with Crippen molar-refractivity contribution in [1.82, 2.24) is 24.8 Å². The van der Waals surface area contributed by atoms with Crippen LogP contribution in [0, 0.1) is 0 Å². The lowest BCUT2D eigenvalue weighted by Crippen LogP contribution is -2.54. The van der Waals surface area contributed by atoms with Crippen LogP contribution in [0.4, 0.5) is 0 Å². The zero-order chi connectivity index (χ0) is 23.5. The first kappa shape index (κ1) is 22.1. The summed E-state index contributed by atoms with van der Waals surface area (Å²) in [4.78, 5) is 36.3. The van der Waals surface area contributed by atoms with Crippen LogP contribution in [-0.4, -0.2) is 57.6 Å². The van der Waals surface area contributed by atoms with Gasteiger partial charge in [-0.1, -0.05) is 12.1 Å². The molecule has 0 bridgehead atoms. The number of aromatic nitrogens is 3. The number of imidazole rings is 1. The van der Waals surface area contributed by atoms with E-state index in [9.17, 15) is 9.59 Å². The molecular weight excluding hydrogens is 434 g/mol. The fourth-order valence-electron chi connectivity index (χ4n) is 4.66. The summed E-state index contributed by atoms with van der Waals surface area (Å²) in [5, 5.41) is 2.99. The van der Waals surface area contributed by atoms with Crippen molar-refractivity contribution >= 4 is 11.8 Å². The Kier molecular flexibility index (Phi) is 6.02. The van der Waals surface area contributed by atoms with Crippen LogP contribution < -0.4 is 10.1 Å². The number of nitrogens with one attached hydrogen (secondary N) is 1. The van der Waals surface area contributed by atoms with E-state index in [0.717, 1.165) is 17.1 Å². The van der Waals surface area contributed by atoms with Gasteiger partial charge in [0.25, 0.3) is 11.8 Å². The Morgan fingerprint density at radius 1 is 1.18 bits per heavy atom. The van der Waals surface area contributed by atoms with Gasteiger partial charge in [-0.3, -0.25) is 14.6 Å². The molecule has 2 amide bonds. The smallest absolute Gasteiger partial charge is 0.255 e. The lowest BCUT2D eigenvalue weighted by atomic mass is 9.88. The number of amides is 2. The third kappa shape index (κ3) is 4.26. The second-order valence-corrected chi connectivity index (χ2v) is 8.60. The molecule has 176 valence electrons. The summed E-state index contributed by atoms with van der Waals surface area (Å²) >= 11 is 0. The number of rotatable bonds is 5. The van der Waals surface area contributed by atoms with Gasteiger partial charge in [0.2, 0.25) is 0 Å². The first-order chi connectivity index (χ1) is 16.6. The normalized spacial score (nSPS) is 18.9. The molecule has 1 spiro atoms. The highest BCUT2D eigenvalue weighted by molar-refractivity contribution is 5.94. The number of fused-ring (bicyclic) bond motifs is 2. The standard InChI is InChI=1S/C25H27N5O4/c1-33-20-6-4-18(5-7-20)15-28-22(31)21-17-30-14-11-27-24(30)25(34-21)8-12-29(13-9-25)23(32)19-3-2-10-26-16-19/h2-7,10-11,14,16,21H,8-9,12-13,15,17H2,1H3,(H,28,31)/t21-/m1/s1. The maximum Gasteiger partial charge on any atom is 0.255 e. The lowest BCUT2D eigenvalue weighted by Gasteiger charge is -2.45. The highest BCUT2D eigenvalue weighted by Crippen LogP contribution is 2.40. The van der Waals surface area contributed by atoms with Crippen molar-refractivity contribution in [3.05, 3.63) is 78.1 Å². The molecule has 0 unspecified atom stereocenters. The summed E-state index contributed by atoms with van der Waals surface area (Å²) in [5.74, 6) is 1.38. The molecule has 0 saturated carbocycles. The van der Waals surface area contributed by atoms with Crippen molar-refractivity contribution in [3.63, 3.8) is 0 Å². The molecule has 2 aliphatic rings. The average Bonchev–Trinajstić information content (AvgIpc) is 3.38. The lowest BCUT2D eigenvalue weighted by molar-refractivity contribution is -0.172. The third-order valence-corrected chi connectivity index (χ3v) is 6.54. The van der Waals surface area contributed by atoms with Gasteiger partial charge >= 0.3 is 0 Å². The number of benzene rings is 1. The van der Waals surface area contributed by atoms with E-state index in [2.05, 4.69) is 15.3 Å². The monoisotopic (exact) mass is 461 g/mol. The highest BCUT2D eigenvalue weighted by atomic mass is 16.5. The van der Waals surface area contributed by atoms with Crippen LogP contribution in [0.2, 0.25) is 0 Å². The Labute approximate surface area is 197 Å². The van der Waals surface area contributed by atoms with E-state index >= 15 is 0 Å². The van der Waals surface area contributed by atoms with Crippen LogP contribution in [0.1, 0.15) is 34.6 Å². The van der Waals surface area contributed by atoms with E-state index in [4.69, 9.17) is 9.47 Å². The number of carbonyl (C=O) groups is 2.